The van der Waals surface area contributed by atoms with Gasteiger partial charge in [-0.2, -0.15) is 0 Å². The van der Waals surface area contributed by atoms with E-state index in [1.807, 2.05) is 12.1 Å². The molecule has 0 atom stereocenters. The van der Waals surface area contributed by atoms with Crippen LogP contribution in [0.5, 0.6) is 0 Å². The number of thiophene rings is 1. The first kappa shape index (κ1) is 18.5. The summed E-state index contributed by atoms with van der Waals surface area (Å²) in [6.45, 7) is 0. The van der Waals surface area contributed by atoms with Gasteiger partial charge in [0.25, 0.3) is 5.91 Å². The Hall–Kier alpha value is -2.81. The quantitative estimate of drug-likeness (QED) is 0.456. The zero-order chi connectivity index (χ0) is 19.7. The SMILES string of the molecule is COC(=O)c1cc2cc(NC(=O)c3sc(-c4cccnc4)nc3Cl)ccc2s1. The molecule has 0 aliphatic rings. The fourth-order valence-electron chi connectivity index (χ4n) is 2.56. The Labute approximate surface area is 172 Å². The molecule has 6 nitrogen and oxygen atoms in total. The zero-order valence-corrected chi connectivity index (χ0v) is 16.8. The number of rotatable bonds is 4. The molecule has 0 spiro atoms. The maximum absolute atomic E-state index is 12.7. The Balaban J connectivity index is 1.58. The average Bonchev–Trinajstić information content (AvgIpc) is 3.31. The summed E-state index contributed by atoms with van der Waals surface area (Å²) in [4.78, 5) is 33.5. The smallest absolute Gasteiger partial charge is 0.348 e. The summed E-state index contributed by atoms with van der Waals surface area (Å²) in [6.07, 6.45) is 3.33. The maximum atomic E-state index is 12.7. The van der Waals surface area contributed by atoms with Crippen molar-refractivity contribution in [3.63, 3.8) is 0 Å². The molecule has 3 aromatic heterocycles. The Morgan fingerprint density at radius 2 is 2.04 bits per heavy atom. The van der Waals surface area contributed by atoms with E-state index in [1.54, 1.807) is 36.7 Å². The number of halogens is 1. The molecule has 4 rings (SSSR count). The number of fused-ring (bicyclic) bond motifs is 1. The number of carbonyl (C=O) groups excluding carboxylic acids is 2. The van der Waals surface area contributed by atoms with Crippen molar-refractivity contribution >= 4 is 61.9 Å². The Kier molecular flexibility index (Phi) is 5.08. The molecule has 0 saturated heterocycles. The summed E-state index contributed by atoms with van der Waals surface area (Å²) >= 11 is 8.71. The first-order chi connectivity index (χ1) is 13.5. The van der Waals surface area contributed by atoms with E-state index in [0.717, 1.165) is 15.6 Å². The molecule has 28 heavy (non-hydrogen) atoms. The monoisotopic (exact) mass is 429 g/mol. The summed E-state index contributed by atoms with van der Waals surface area (Å²) in [6, 6.07) is 10.8. The number of ether oxygens (including phenoxy) is 1. The van der Waals surface area contributed by atoms with Crippen LogP contribution in [0.4, 0.5) is 5.69 Å². The number of hydrogen-bond donors (Lipinski definition) is 1. The molecule has 9 heteroatoms. The second-order valence-corrected chi connectivity index (χ2v) is 8.13. The van der Waals surface area contributed by atoms with Gasteiger partial charge in [0, 0.05) is 28.3 Å². The highest BCUT2D eigenvalue weighted by molar-refractivity contribution is 7.20. The summed E-state index contributed by atoms with van der Waals surface area (Å²) in [5.41, 5.74) is 1.39. The number of nitrogens with zero attached hydrogens (tertiary/aromatic N) is 2. The number of benzene rings is 1. The lowest BCUT2D eigenvalue weighted by molar-refractivity contribution is 0.0606. The number of anilines is 1. The van der Waals surface area contributed by atoms with E-state index < -0.39 is 0 Å². The van der Waals surface area contributed by atoms with Gasteiger partial charge in [0.1, 0.15) is 14.8 Å². The maximum Gasteiger partial charge on any atom is 0.348 e. The molecule has 0 aliphatic carbocycles. The normalized spacial score (nSPS) is 10.8. The fourth-order valence-corrected chi connectivity index (χ4v) is 4.70. The highest BCUT2D eigenvalue weighted by Gasteiger charge is 2.18. The van der Waals surface area contributed by atoms with Crippen LogP contribution in [0.2, 0.25) is 5.15 Å². The third kappa shape index (κ3) is 3.62. The predicted octanol–water partition coefficient (Wildman–Crippen LogP) is 5.11. The summed E-state index contributed by atoms with van der Waals surface area (Å²) in [7, 11) is 1.34. The lowest BCUT2D eigenvalue weighted by Gasteiger charge is -2.03. The van der Waals surface area contributed by atoms with Crippen molar-refractivity contribution in [2.45, 2.75) is 0 Å². The van der Waals surface area contributed by atoms with E-state index in [0.29, 0.717) is 20.4 Å². The van der Waals surface area contributed by atoms with Gasteiger partial charge >= 0.3 is 5.97 Å². The second kappa shape index (κ2) is 7.67. The number of nitrogens with one attached hydrogen (secondary N) is 1. The average molecular weight is 430 g/mol. The minimum Gasteiger partial charge on any atom is -0.465 e. The molecule has 3 heterocycles. The third-order valence-electron chi connectivity index (χ3n) is 3.86. The molecule has 0 unspecified atom stereocenters. The van der Waals surface area contributed by atoms with E-state index >= 15 is 0 Å². The molecule has 4 aromatic rings. The van der Waals surface area contributed by atoms with Crippen molar-refractivity contribution in [1.82, 2.24) is 9.97 Å². The topological polar surface area (TPSA) is 81.2 Å². The number of thiazole rings is 1. The lowest BCUT2D eigenvalue weighted by Crippen LogP contribution is -2.10. The molecule has 0 aliphatic heterocycles. The van der Waals surface area contributed by atoms with E-state index in [1.165, 1.54) is 29.8 Å². The highest BCUT2D eigenvalue weighted by atomic mass is 35.5. The summed E-state index contributed by atoms with van der Waals surface area (Å²) < 4.78 is 5.67. The van der Waals surface area contributed by atoms with E-state index in [2.05, 4.69) is 15.3 Å². The first-order valence-corrected chi connectivity index (χ1v) is 10.1. The van der Waals surface area contributed by atoms with Crippen LogP contribution in [-0.4, -0.2) is 29.0 Å². The predicted molar refractivity (Wildman–Crippen MR) is 111 cm³/mol. The molecule has 0 bridgehead atoms. The molecule has 140 valence electrons. The Morgan fingerprint density at radius 1 is 1.18 bits per heavy atom. The van der Waals surface area contributed by atoms with E-state index in [4.69, 9.17) is 16.3 Å². The zero-order valence-electron chi connectivity index (χ0n) is 14.4. The largest absolute Gasteiger partial charge is 0.465 e. The molecule has 1 aromatic carbocycles. The molecule has 1 amide bonds. The van der Waals surface area contributed by atoms with Crippen LogP contribution in [0.1, 0.15) is 19.3 Å². The van der Waals surface area contributed by atoms with Crippen LogP contribution < -0.4 is 5.32 Å². The van der Waals surface area contributed by atoms with Crippen molar-refractivity contribution in [3.8, 4) is 10.6 Å². The highest BCUT2D eigenvalue weighted by Crippen LogP contribution is 2.32. The van der Waals surface area contributed by atoms with Gasteiger partial charge in [-0.05, 0) is 41.8 Å². The molecule has 0 saturated carbocycles. The van der Waals surface area contributed by atoms with Crippen molar-refractivity contribution in [2.75, 3.05) is 12.4 Å². The van der Waals surface area contributed by atoms with Crippen molar-refractivity contribution in [1.29, 1.82) is 0 Å². The van der Waals surface area contributed by atoms with Gasteiger partial charge < -0.3 is 10.1 Å². The minimum absolute atomic E-state index is 0.144. The number of carbonyl (C=O) groups is 2. The minimum atomic E-state index is -0.383. The number of hydrogen-bond acceptors (Lipinski definition) is 7. The van der Waals surface area contributed by atoms with Crippen LogP contribution in [0.3, 0.4) is 0 Å². The van der Waals surface area contributed by atoms with Gasteiger partial charge in [0.2, 0.25) is 0 Å². The molecule has 0 fully saturated rings. The van der Waals surface area contributed by atoms with E-state index in [9.17, 15) is 9.59 Å². The Morgan fingerprint density at radius 3 is 2.79 bits per heavy atom. The molecular formula is C19H12ClN3O3S2. The number of aromatic nitrogens is 2. The van der Waals surface area contributed by atoms with Crippen LogP contribution in [0, 0.1) is 0 Å². The van der Waals surface area contributed by atoms with Gasteiger partial charge in [-0.15, -0.1) is 22.7 Å². The number of pyridine rings is 1. The van der Waals surface area contributed by atoms with Crippen molar-refractivity contribution < 1.29 is 14.3 Å². The molecule has 0 radical (unpaired) electrons. The lowest BCUT2D eigenvalue weighted by atomic mass is 10.2. The number of esters is 1. The number of methoxy groups -OCH3 is 1. The van der Waals surface area contributed by atoms with Crippen molar-refractivity contribution in [3.05, 3.63) is 63.7 Å². The fraction of sp³-hybridized carbons (Fsp3) is 0.0526. The van der Waals surface area contributed by atoms with Crippen LogP contribution >= 0.6 is 34.3 Å². The van der Waals surface area contributed by atoms with Gasteiger partial charge in [-0.1, -0.05) is 11.6 Å². The molecular weight excluding hydrogens is 418 g/mol. The number of amides is 1. The van der Waals surface area contributed by atoms with Crippen LogP contribution in [0.25, 0.3) is 20.7 Å². The van der Waals surface area contributed by atoms with E-state index in [-0.39, 0.29) is 17.0 Å². The van der Waals surface area contributed by atoms with Crippen LogP contribution in [0.15, 0.2) is 48.8 Å². The van der Waals surface area contributed by atoms with Crippen molar-refractivity contribution in [2.24, 2.45) is 0 Å². The van der Waals surface area contributed by atoms with Crippen LogP contribution in [-0.2, 0) is 4.74 Å². The standard InChI is InChI=1S/C19H12ClN3O3S2/c1-26-19(25)14-8-11-7-12(4-5-13(11)27-14)22-17(24)15-16(20)23-18(28-15)10-3-2-6-21-9-10/h2-9H,1H3,(H,22,24). The van der Waals surface area contributed by atoms with Gasteiger partial charge in [0.05, 0.1) is 7.11 Å². The van der Waals surface area contributed by atoms with Gasteiger partial charge in [0.15, 0.2) is 5.15 Å². The summed E-state index contributed by atoms with van der Waals surface area (Å²) in [5.74, 6) is -0.730. The Bertz CT molecular complexity index is 1190. The first-order valence-electron chi connectivity index (χ1n) is 8.05. The molecule has 1 N–H and O–H groups in total. The third-order valence-corrected chi connectivity index (χ3v) is 6.45. The van der Waals surface area contributed by atoms with Gasteiger partial charge in [-0.3, -0.25) is 9.78 Å². The van der Waals surface area contributed by atoms with Gasteiger partial charge in [-0.25, -0.2) is 9.78 Å². The summed E-state index contributed by atoms with van der Waals surface area (Å²) in [5, 5.41) is 4.44. The second-order valence-electron chi connectivity index (χ2n) is 5.69.